The van der Waals surface area contributed by atoms with Crippen LogP contribution in [0.15, 0.2) is 4.52 Å². The van der Waals surface area contributed by atoms with Gasteiger partial charge in [-0.15, -0.1) is 0 Å². The summed E-state index contributed by atoms with van der Waals surface area (Å²) in [6.45, 7) is 4.60. The number of carbonyl (C=O) groups excluding carboxylic acids is 1. The second-order valence-electron chi connectivity index (χ2n) is 5.55. The van der Waals surface area contributed by atoms with Crippen LogP contribution in [-0.4, -0.2) is 40.3 Å². The monoisotopic (exact) mass is 280 g/mol. The number of nitrogens with zero attached hydrogens (tertiary/aromatic N) is 2. The number of aryl methyl sites for hydroxylation is 2. The van der Waals surface area contributed by atoms with Gasteiger partial charge in [0.25, 0.3) is 0 Å². The van der Waals surface area contributed by atoms with Gasteiger partial charge in [0.05, 0.1) is 5.69 Å². The molecule has 1 saturated carbocycles. The number of aliphatic hydroxyl groups excluding tert-OH is 1. The van der Waals surface area contributed by atoms with Crippen LogP contribution in [-0.2, 0) is 11.2 Å². The summed E-state index contributed by atoms with van der Waals surface area (Å²) in [6.07, 6.45) is 5.24. The van der Waals surface area contributed by atoms with Gasteiger partial charge >= 0.3 is 0 Å². The zero-order valence-electron chi connectivity index (χ0n) is 12.4. The summed E-state index contributed by atoms with van der Waals surface area (Å²) in [4.78, 5) is 14.4. The molecule has 1 aliphatic rings. The van der Waals surface area contributed by atoms with Crippen LogP contribution in [0.3, 0.4) is 0 Å². The van der Waals surface area contributed by atoms with Crippen molar-refractivity contribution in [3.8, 4) is 0 Å². The number of hydrogen-bond acceptors (Lipinski definition) is 4. The summed E-state index contributed by atoms with van der Waals surface area (Å²) < 4.78 is 5.12. The van der Waals surface area contributed by atoms with Gasteiger partial charge in [0.15, 0.2) is 0 Å². The van der Waals surface area contributed by atoms with E-state index < -0.39 is 0 Å². The van der Waals surface area contributed by atoms with E-state index in [4.69, 9.17) is 9.63 Å². The lowest BCUT2D eigenvalue weighted by Crippen LogP contribution is -2.45. The largest absolute Gasteiger partial charge is 0.396 e. The summed E-state index contributed by atoms with van der Waals surface area (Å²) in [5.41, 5.74) is 1.93. The Morgan fingerprint density at radius 2 is 2.20 bits per heavy atom. The molecule has 5 nitrogen and oxygen atoms in total. The van der Waals surface area contributed by atoms with Crippen molar-refractivity contribution in [2.45, 2.75) is 58.4 Å². The first-order chi connectivity index (χ1) is 9.63. The molecular weight excluding hydrogens is 256 g/mol. The second-order valence-corrected chi connectivity index (χ2v) is 5.55. The highest BCUT2D eigenvalue weighted by molar-refractivity contribution is 5.77. The van der Waals surface area contributed by atoms with Gasteiger partial charge in [-0.05, 0) is 46.0 Å². The van der Waals surface area contributed by atoms with Crippen molar-refractivity contribution >= 4 is 5.91 Å². The van der Waals surface area contributed by atoms with Gasteiger partial charge in [-0.1, -0.05) is 5.16 Å². The zero-order chi connectivity index (χ0) is 14.5. The lowest BCUT2D eigenvalue weighted by atomic mass is 9.91. The maximum atomic E-state index is 12.4. The van der Waals surface area contributed by atoms with Crippen molar-refractivity contribution in [3.05, 3.63) is 17.0 Å². The minimum atomic E-state index is 0.139. The molecule has 0 spiro atoms. The van der Waals surface area contributed by atoms with Gasteiger partial charge in [0.2, 0.25) is 5.91 Å². The van der Waals surface area contributed by atoms with E-state index >= 15 is 0 Å². The van der Waals surface area contributed by atoms with Crippen LogP contribution in [0, 0.1) is 13.8 Å². The van der Waals surface area contributed by atoms with Gasteiger partial charge in [-0.3, -0.25) is 4.79 Å². The third kappa shape index (κ3) is 3.39. The van der Waals surface area contributed by atoms with E-state index in [9.17, 15) is 4.79 Å². The van der Waals surface area contributed by atoms with Crippen molar-refractivity contribution in [2.75, 3.05) is 13.2 Å². The highest BCUT2D eigenvalue weighted by Gasteiger charge is 2.28. The Morgan fingerprint density at radius 1 is 1.45 bits per heavy atom. The molecule has 1 amide bonds. The minimum Gasteiger partial charge on any atom is -0.396 e. The van der Waals surface area contributed by atoms with Crippen LogP contribution in [0.4, 0.5) is 0 Å². The average molecular weight is 280 g/mol. The fraction of sp³-hybridized carbons (Fsp3) is 0.733. The van der Waals surface area contributed by atoms with E-state index in [0.717, 1.165) is 29.9 Å². The topological polar surface area (TPSA) is 66.6 Å². The Morgan fingerprint density at radius 3 is 2.70 bits per heavy atom. The maximum absolute atomic E-state index is 12.4. The van der Waals surface area contributed by atoms with Gasteiger partial charge in [-0.25, -0.2) is 0 Å². The molecular formula is C15H24N2O3. The molecule has 1 heterocycles. The van der Waals surface area contributed by atoms with E-state index in [1.807, 2.05) is 18.7 Å². The molecule has 1 aromatic heterocycles. The first-order valence-electron chi connectivity index (χ1n) is 7.45. The fourth-order valence-electron chi connectivity index (χ4n) is 2.68. The molecule has 0 atom stereocenters. The number of rotatable bonds is 7. The van der Waals surface area contributed by atoms with Crippen molar-refractivity contribution < 1.29 is 14.4 Å². The van der Waals surface area contributed by atoms with E-state index in [-0.39, 0.29) is 12.5 Å². The molecule has 1 fully saturated rings. The summed E-state index contributed by atoms with van der Waals surface area (Å²) in [5, 5.41) is 12.9. The standard InChI is InChI=1S/C15H24N2O3/c1-11-14(12(2)20-16-11)7-8-15(19)17(9-4-10-18)13-5-3-6-13/h13,18H,3-10H2,1-2H3. The molecule has 0 aliphatic heterocycles. The number of amides is 1. The van der Waals surface area contributed by atoms with Crippen LogP contribution < -0.4 is 0 Å². The van der Waals surface area contributed by atoms with Gasteiger partial charge in [-0.2, -0.15) is 0 Å². The van der Waals surface area contributed by atoms with E-state index in [1.54, 1.807) is 0 Å². The third-order valence-corrected chi connectivity index (χ3v) is 4.16. The summed E-state index contributed by atoms with van der Waals surface area (Å²) in [5.74, 6) is 0.990. The maximum Gasteiger partial charge on any atom is 0.223 e. The normalized spacial score (nSPS) is 15.2. The first-order valence-corrected chi connectivity index (χ1v) is 7.45. The fourth-order valence-corrected chi connectivity index (χ4v) is 2.68. The van der Waals surface area contributed by atoms with Crippen LogP contribution in [0.2, 0.25) is 0 Å². The predicted octanol–water partition coefficient (Wildman–Crippen LogP) is 1.99. The molecule has 0 aromatic carbocycles. The number of aliphatic hydroxyl groups is 1. The van der Waals surface area contributed by atoms with Crippen LogP contribution in [0.25, 0.3) is 0 Å². The van der Waals surface area contributed by atoms with Crippen LogP contribution in [0.1, 0.15) is 49.1 Å². The minimum absolute atomic E-state index is 0.139. The van der Waals surface area contributed by atoms with Crippen molar-refractivity contribution in [1.29, 1.82) is 0 Å². The molecule has 1 aliphatic carbocycles. The lowest BCUT2D eigenvalue weighted by Gasteiger charge is -2.37. The Bertz CT molecular complexity index is 432. The Kier molecular flexibility index (Phi) is 5.17. The Labute approximate surface area is 119 Å². The van der Waals surface area contributed by atoms with Gasteiger partial charge in [0, 0.05) is 31.2 Å². The highest BCUT2D eigenvalue weighted by Crippen LogP contribution is 2.26. The zero-order valence-corrected chi connectivity index (χ0v) is 12.4. The smallest absolute Gasteiger partial charge is 0.223 e. The quantitative estimate of drug-likeness (QED) is 0.829. The number of carbonyl (C=O) groups is 1. The molecule has 1 aromatic rings. The Balaban J connectivity index is 1.90. The average Bonchev–Trinajstić information content (AvgIpc) is 2.69. The van der Waals surface area contributed by atoms with Crippen molar-refractivity contribution in [3.63, 3.8) is 0 Å². The molecule has 5 heteroatoms. The van der Waals surface area contributed by atoms with Gasteiger partial charge in [0.1, 0.15) is 5.76 Å². The lowest BCUT2D eigenvalue weighted by molar-refractivity contribution is -0.135. The SMILES string of the molecule is Cc1noc(C)c1CCC(=O)N(CCCO)C1CCC1. The number of hydrogen-bond donors (Lipinski definition) is 1. The summed E-state index contributed by atoms with van der Waals surface area (Å²) in [6, 6.07) is 0.388. The molecule has 0 unspecified atom stereocenters. The molecule has 112 valence electrons. The van der Waals surface area contributed by atoms with E-state index in [0.29, 0.717) is 31.8 Å². The highest BCUT2D eigenvalue weighted by atomic mass is 16.5. The predicted molar refractivity (Wildman–Crippen MR) is 75.4 cm³/mol. The first kappa shape index (κ1) is 15.0. The molecule has 0 saturated heterocycles. The van der Waals surface area contributed by atoms with Crippen LogP contribution in [0.5, 0.6) is 0 Å². The van der Waals surface area contributed by atoms with Gasteiger partial charge < -0.3 is 14.5 Å². The molecule has 20 heavy (non-hydrogen) atoms. The van der Waals surface area contributed by atoms with Crippen LogP contribution >= 0.6 is 0 Å². The molecule has 0 radical (unpaired) electrons. The molecule has 0 bridgehead atoms. The second kappa shape index (κ2) is 6.88. The van der Waals surface area contributed by atoms with E-state index in [1.165, 1.54) is 6.42 Å². The van der Waals surface area contributed by atoms with Crippen molar-refractivity contribution in [2.24, 2.45) is 0 Å². The Hall–Kier alpha value is -1.36. The molecule has 1 N–H and O–H groups in total. The molecule has 2 rings (SSSR count). The van der Waals surface area contributed by atoms with E-state index in [2.05, 4.69) is 5.16 Å². The third-order valence-electron chi connectivity index (χ3n) is 4.16. The number of aromatic nitrogens is 1. The summed E-state index contributed by atoms with van der Waals surface area (Å²) in [7, 11) is 0. The van der Waals surface area contributed by atoms with Crippen molar-refractivity contribution in [1.82, 2.24) is 10.1 Å². The summed E-state index contributed by atoms with van der Waals surface area (Å²) >= 11 is 0.